The van der Waals surface area contributed by atoms with E-state index in [1.165, 1.54) is 55.8 Å². The van der Waals surface area contributed by atoms with E-state index >= 15 is 0 Å². The van der Waals surface area contributed by atoms with Gasteiger partial charge in [-0.15, -0.1) is 0 Å². The predicted octanol–water partition coefficient (Wildman–Crippen LogP) is 6.35. The summed E-state index contributed by atoms with van der Waals surface area (Å²) in [6.45, 7) is 2.82. The molecule has 1 amide bonds. The Hall–Kier alpha value is -2.79. The van der Waals surface area contributed by atoms with Crippen LogP contribution in [0.25, 0.3) is 23.0 Å². The van der Waals surface area contributed by atoms with Crippen molar-refractivity contribution in [2.24, 2.45) is 0 Å². The number of thioether (sulfide) groups is 1. The standard InChI is InChI=1S/C29H34N4O3S3/c1-4-5-6-7-8-12-18-32-28(34)26(38-29(32)37)20-23-21-33(24-15-10-9-11-16-24)30-27(23)22-14-13-17-25(19-22)39(35,36)31(2)3/h9-11,13-17,19-21H,4-8,12,18H2,1-3H3. The molecule has 1 aromatic heterocycles. The first-order valence-electron chi connectivity index (χ1n) is 13.2. The van der Waals surface area contributed by atoms with Crippen LogP contribution in [0, 0.1) is 0 Å². The van der Waals surface area contributed by atoms with E-state index in [9.17, 15) is 13.2 Å². The van der Waals surface area contributed by atoms with Crippen molar-refractivity contribution >= 4 is 50.3 Å². The molecule has 4 rings (SSSR count). The second kappa shape index (κ2) is 13.0. The minimum atomic E-state index is -3.63. The molecule has 1 fully saturated rings. The maximum Gasteiger partial charge on any atom is 0.266 e. The molecule has 1 saturated heterocycles. The first kappa shape index (κ1) is 29.2. The lowest BCUT2D eigenvalue weighted by atomic mass is 10.1. The molecule has 0 unspecified atom stereocenters. The van der Waals surface area contributed by atoms with Crippen LogP contribution >= 0.6 is 24.0 Å². The van der Waals surface area contributed by atoms with Gasteiger partial charge in [-0.1, -0.05) is 93.3 Å². The summed E-state index contributed by atoms with van der Waals surface area (Å²) < 4.78 is 29.1. The minimum Gasteiger partial charge on any atom is -0.293 e. The lowest BCUT2D eigenvalue weighted by Gasteiger charge is -2.14. The summed E-state index contributed by atoms with van der Waals surface area (Å²) in [4.78, 5) is 15.7. The van der Waals surface area contributed by atoms with E-state index in [4.69, 9.17) is 17.3 Å². The smallest absolute Gasteiger partial charge is 0.266 e. The highest BCUT2D eigenvalue weighted by molar-refractivity contribution is 8.26. The van der Waals surface area contributed by atoms with Gasteiger partial charge >= 0.3 is 0 Å². The fraction of sp³-hybridized carbons (Fsp3) is 0.345. The molecule has 0 spiro atoms. The van der Waals surface area contributed by atoms with Crippen LogP contribution in [0.1, 0.15) is 51.0 Å². The monoisotopic (exact) mass is 582 g/mol. The molecule has 2 aromatic carbocycles. The Morgan fingerprint density at radius 1 is 1.00 bits per heavy atom. The van der Waals surface area contributed by atoms with Crippen LogP contribution in [0.3, 0.4) is 0 Å². The molecule has 0 bridgehead atoms. The van der Waals surface area contributed by atoms with Crippen molar-refractivity contribution < 1.29 is 13.2 Å². The maximum absolute atomic E-state index is 13.3. The second-order valence-corrected chi connectivity index (χ2v) is 13.5. The number of hydrogen-bond acceptors (Lipinski definition) is 6. The molecule has 10 heteroatoms. The molecular formula is C29H34N4O3S3. The Morgan fingerprint density at radius 3 is 2.44 bits per heavy atom. The van der Waals surface area contributed by atoms with E-state index < -0.39 is 10.0 Å². The van der Waals surface area contributed by atoms with Gasteiger partial charge in [0.2, 0.25) is 10.0 Å². The predicted molar refractivity (Wildman–Crippen MR) is 163 cm³/mol. The molecule has 39 heavy (non-hydrogen) atoms. The van der Waals surface area contributed by atoms with Gasteiger partial charge in [-0.3, -0.25) is 9.69 Å². The van der Waals surface area contributed by atoms with Crippen molar-refractivity contribution in [3.05, 3.63) is 71.3 Å². The highest BCUT2D eigenvalue weighted by Gasteiger charge is 2.32. The molecule has 7 nitrogen and oxygen atoms in total. The molecule has 1 aliphatic rings. The summed E-state index contributed by atoms with van der Waals surface area (Å²) in [6, 6.07) is 16.4. The van der Waals surface area contributed by atoms with E-state index in [1.54, 1.807) is 27.8 Å². The van der Waals surface area contributed by atoms with Crippen LogP contribution in [-0.2, 0) is 14.8 Å². The first-order valence-corrected chi connectivity index (χ1v) is 15.8. The van der Waals surface area contributed by atoms with Crippen molar-refractivity contribution in [1.29, 1.82) is 0 Å². The number of unbranched alkanes of at least 4 members (excludes halogenated alkanes) is 5. The number of thiocarbonyl (C=S) groups is 1. The topological polar surface area (TPSA) is 75.5 Å². The minimum absolute atomic E-state index is 0.0964. The average molecular weight is 583 g/mol. The van der Waals surface area contributed by atoms with Crippen LogP contribution in [0.4, 0.5) is 0 Å². The van der Waals surface area contributed by atoms with E-state index in [0.717, 1.165) is 18.5 Å². The SMILES string of the molecule is CCCCCCCCN1C(=O)C(=Cc2cn(-c3ccccc3)nc2-c2cccc(S(=O)(=O)N(C)C)c2)SC1=S. The normalized spacial score (nSPS) is 15.2. The number of benzene rings is 2. The highest BCUT2D eigenvalue weighted by atomic mass is 32.2. The third-order valence-corrected chi connectivity index (χ3v) is 9.73. The fourth-order valence-electron chi connectivity index (χ4n) is 4.33. The van der Waals surface area contributed by atoms with E-state index in [-0.39, 0.29) is 10.8 Å². The number of rotatable bonds is 12. The van der Waals surface area contributed by atoms with Crippen molar-refractivity contribution in [2.45, 2.75) is 50.3 Å². The summed E-state index contributed by atoms with van der Waals surface area (Å²) >= 11 is 6.85. The van der Waals surface area contributed by atoms with Crippen LogP contribution in [0.15, 0.2) is 70.6 Å². The number of hydrogen-bond donors (Lipinski definition) is 0. The van der Waals surface area contributed by atoms with Crippen molar-refractivity contribution in [3.8, 4) is 16.9 Å². The maximum atomic E-state index is 13.3. The Balaban J connectivity index is 1.66. The summed E-state index contributed by atoms with van der Waals surface area (Å²) in [5.74, 6) is -0.0964. The van der Waals surface area contributed by atoms with E-state index in [0.29, 0.717) is 32.6 Å². The molecule has 0 saturated carbocycles. The molecule has 0 N–H and O–H groups in total. The third kappa shape index (κ3) is 6.87. The van der Waals surface area contributed by atoms with Gasteiger partial charge in [0.25, 0.3) is 5.91 Å². The summed E-state index contributed by atoms with van der Waals surface area (Å²) in [7, 11) is -0.617. The van der Waals surface area contributed by atoms with Gasteiger partial charge in [-0.2, -0.15) is 5.10 Å². The quantitative estimate of drug-likeness (QED) is 0.141. The number of sulfonamides is 1. The summed E-state index contributed by atoms with van der Waals surface area (Å²) in [6.07, 6.45) is 10.5. The molecule has 0 atom stereocenters. The zero-order valence-corrected chi connectivity index (χ0v) is 25.0. The zero-order valence-electron chi connectivity index (χ0n) is 22.5. The van der Waals surface area contributed by atoms with Crippen LogP contribution in [0.2, 0.25) is 0 Å². The van der Waals surface area contributed by atoms with Crippen LogP contribution < -0.4 is 0 Å². The lowest BCUT2D eigenvalue weighted by molar-refractivity contribution is -0.122. The second-order valence-electron chi connectivity index (χ2n) is 9.63. The lowest BCUT2D eigenvalue weighted by Crippen LogP contribution is -2.29. The number of nitrogens with zero attached hydrogens (tertiary/aromatic N) is 4. The van der Waals surface area contributed by atoms with Gasteiger partial charge in [-0.05, 0) is 36.8 Å². The van der Waals surface area contributed by atoms with Crippen LogP contribution in [-0.4, -0.2) is 58.3 Å². The molecule has 0 radical (unpaired) electrons. The van der Waals surface area contributed by atoms with Crippen molar-refractivity contribution in [2.75, 3.05) is 20.6 Å². The Kier molecular flexibility index (Phi) is 9.76. The number of carbonyl (C=O) groups is 1. The van der Waals surface area contributed by atoms with E-state index in [1.807, 2.05) is 48.7 Å². The molecule has 2 heterocycles. The summed E-state index contributed by atoms with van der Waals surface area (Å²) in [5.41, 5.74) is 2.78. The van der Waals surface area contributed by atoms with Gasteiger partial charge in [-0.25, -0.2) is 17.4 Å². The molecule has 3 aromatic rings. The number of para-hydroxylation sites is 1. The number of amides is 1. The number of carbonyl (C=O) groups excluding carboxylic acids is 1. The fourth-order valence-corrected chi connectivity index (χ4v) is 6.58. The molecule has 1 aliphatic heterocycles. The molecule has 206 valence electrons. The summed E-state index contributed by atoms with van der Waals surface area (Å²) in [5, 5.41) is 4.81. The van der Waals surface area contributed by atoms with Gasteiger partial charge in [0.1, 0.15) is 10.0 Å². The molecule has 0 aliphatic carbocycles. The van der Waals surface area contributed by atoms with Crippen molar-refractivity contribution in [3.63, 3.8) is 0 Å². The molecular weight excluding hydrogens is 549 g/mol. The Bertz CT molecular complexity index is 1460. The average Bonchev–Trinajstić information content (AvgIpc) is 3.47. The highest BCUT2D eigenvalue weighted by Crippen LogP contribution is 2.35. The van der Waals surface area contributed by atoms with Gasteiger partial charge in [0.05, 0.1) is 15.5 Å². The largest absolute Gasteiger partial charge is 0.293 e. The van der Waals surface area contributed by atoms with Gasteiger partial charge in [0.15, 0.2) is 0 Å². The van der Waals surface area contributed by atoms with Crippen LogP contribution in [0.5, 0.6) is 0 Å². The number of aromatic nitrogens is 2. The Morgan fingerprint density at radius 2 is 1.72 bits per heavy atom. The van der Waals surface area contributed by atoms with Gasteiger partial charge < -0.3 is 0 Å². The Labute approximate surface area is 240 Å². The van der Waals surface area contributed by atoms with E-state index in [2.05, 4.69) is 6.92 Å². The van der Waals surface area contributed by atoms with Crippen molar-refractivity contribution in [1.82, 2.24) is 19.0 Å². The van der Waals surface area contributed by atoms with Gasteiger partial charge in [0, 0.05) is 38.0 Å². The first-order chi connectivity index (χ1) is 18.7. The third-order valence-electron chi connectivity index (χ3n) is 6.54. The zero-order chi connectivity index (χ0) is 28.0.